The second-order valence-electron chi connectivity index (χ2n) is 3.66. The zero-order chi connectivity index (χ0) is 15.4. The van der Waals surface area contributed by atoms with Crippen LogP contribution in [0.25, 0.3) is 0 Å². The number of alkyl halides is 7. The summed E-state index contributed by atoms with van der Waals surface area (Å²) in [5.74, 6) is -0.323. The molecule has 0 unspecified atom stereocenters. The van der Waals surface area contributed by atoms with E-state index in [0.717, 1.165) is 18.2 Å². The van der Waals surface area contributed by atoms with Crippen LogP contribution in [0.15, 0.2) is 23.1 Å². The summed E-state index contributed by atoms with van der Waals surface area (Å²) in [4.78, 5) is -0.198. The zero-order valence-corrected chi connectivity index (χ0v) is 11.4. The van der Waals surface area contributed by atoms with Gasteiger partial charge in [-0.15, -0.1) is 24.8 Å². The minimum absolute atomic E-state index is 0.0391. The molecule has 0 heterocycles. The van der Waals surface area contributed by atoms with Crippen LogP contribution in [0.1, 0.15) is 12.0 Å². The second kappa shape index (κ2) is 6.80. The predicted molar refractivity (Wildman–Crippen MR) is 64.1 cm³/mol. The molecule has 0 aliphatic heterocycles. The largest absolute Gasteiger partial charge is 0.573 e. The molecule has 9 heteroatoms. The van der Waals surface area contributed by atoms with Crippen molar-refractivity contribution in [2.45, 2.75) is 29.6 Å². The van der Waals surface area contributed by atoms with Gasteiger partial charge in [-0.25, -0.2) is 0 Å². The molecule has 0 saturated carbocycles. The van der Waals surface area contributed by atoms with E-state index in [4.69, 9.17) is 11.6 Å². The molecular formula is C11H9ClF6OS. The van der Waals surface area contributed by atoms with Gasteiger partial charge in [-0.05, 0) is 48.4 Å². The van der Waals surface area contributed by atoms with E-state index in [1.807, 2.05) is 0 Å². The van der Waals surface area contributed by atoms with Crippen molar-refractivity contribution in [2.24, 2.45) is 0 Å². The van der Waals surface area contributed by atoms with Crippen LogP contribution in [0, 0.1) is 0 Å². The molecule has 20 heavy (non-hydrogen) atoms. The summed E-state index contributed by atoms with van der Waals surface area (Å²) in [6, 6.07) is 2.85. The molecule has 1 aromatic carbocycles. The highest BCUT2D eigenvalue weighted by Gasteiger charge is 2.33. The topological polar surface area (TPSA) is 9.23 Å². The number of aryl methyl sites for hydroxylation is 1. The third-order valence-corrected chi connectivity index (χ3v) is 3.06. The van der Waals surface area contributed by atoms with Crippen molar-refractivity contribution >= 4 is 23.4 Å². The van der Waals surface area contributed by atoms with Crippen LogP contribution in [0.3, 0.4) is 0 Å². The van der Waals surface area contributed by atoms with Crippen LogP contribution in [0.2, 0.25) is 0 Å². The lowest BCUT2D eigenvalue weighted by molar-refractivity contribution is -0.274. The molecule has 0 N–H and O–H groups in total. The predicted octanol–water partition coefficient (Wildman–Crippen LogP) is 5.37. The summed E-state index contributed by atoms with van der Waals surface area (Å²) in [5, 5.41) is 0. The van der Waals surface area contributed by atoms with Crippen LogP contribution in [-0.4, -0.2) is 17.8 Å². The summed E-state index contributed by atoms with van der Waals surface area (Å²) in [7, 11) is 0. The molecule has 0 saturated heterocycles. The quantitative estimate of drug-likeness (QED) is 0.405. The number of hydrogen-bond donors (Lipinski definition) is 0. The fraction of sp³-hybridized carbons (Fsp3) is 0.455. The normalized spacial score (nSPS) is 12.6. The van der Waals surface area contributed by atoms with Crippen molar-refractivity contribution in [1.29, 1.82) is 0 Å². The van der Waals surface area contributed by atoms with Gasteiger partial charge in [0, 0.05) is 10.8 Å². The maximum absolute atomic E-state index is 12.2. The van der Waals surface area contributed by atoms with Crippen LogP contribution in [-0.2, 0) is 6.42 Å². The average molecular weight is 339 g/mol. The summed E-state index contributed by atoms with van der Waals surface area (Å²) < 4.78 is 77.0. The molecule has 0 fully saturated rings. The second-order valence-corrected chi connectivity index (χ2v) is 5.17. The molecule has 0 radical (unpaired) electrons. The Morgan fingerprint density at radius 1 is 1.10 bits per heavy atom. The van der Waals surface area contributed by atoms with E-state index in [9.17, 15) is 26.3 Å². The Hall–Kier alpha value is -0.760. The molecule has 0 aliphatic rings. The third kappa shape index (κ3) is 6.60. The first-order valence-corrected chi connectivity index (χ1v) is 6.66. The van der Waals surface area contributed by atoms with E-state index in [2.05, 4.69) is 4.74 Å². The maximum atomic E-state index is 12.2. The van der Waals surface area contributed by atoms with E-state index < -0.39 is 29.4 Å². The van der Waals surface area contributed by atoms with Crippen molar-refractivity contribution in [3.8, 4) is 5.75 Å². The summed E-state index contributed by atoms with van der Waals surface area (Å²) in [6.45, 7) is 0. The minimum Gasteiger partial charge on any atom is -0.406 e. The Kier molecular flexibility index (Phi) is 5.88. The summed E-state index contributed by atoms with van der Waals surface area (Å²) in [5.41, 5.74) is -4.46. The summed E-state index contributed by atoms with van der Waals surface area (Å²) >= 11 is 5.04. The molecule has 0 bridgehead atoms. The Bertz CT molecular complexity index is 446. The van der Waals surface area contributed by atoms with Gasteiger partial charge in [0.05, 0.1) is 0 Å². The molecule has 114 valence electrons. The van der Waals surface area contributed by atoms with Crippen molar-refractivity contribution in [3.63, 3.8) is 0 Å². The van der Waals surface area contributed by atoms with Gasteiger partial charge in [0.2, 0.25) is 0 Å². The first-order chi connectivity index (χ1) is 9.11. The monoisotopic (exact) mass is 338 g/mol. The van der Waals surface area contributed by atoms with Crippen molar-refractivity contribution < 1.29 is 31.1 Å². The SMILES string of the molecule is FC(F)(F)Oc1ccc(SC(F)(F)F)cc1CCCCl. The highest BCUT2D eigenvalue weighted by atomic mass is 35.5. The molecular weight excluding hydrogens is 330 g/mol. The molecule has 1 rings (SSSR count). The van der Waals surface area contributed by atoms with Crippen molar-refractivity contribution in [1.82, 2.24) is 0 Å². The highest BCUT2D eigenvalue weighted by Crippen LogP contribution is 2.39. The molecule has 1 nitrogen and oxygen atoms in total. The Morgan fingerprint density at radius 3 is 2.25 bits per heavy atom. The lowest BCUT2D eigenvalue weighted by Gasteiger charge is -2.14. The van der Waals surface area contributed by atoms with Gasteiger partial charge < -0.3 is 4.74 Å². The third-order valence-electron chi connectivity index (χ3n) is 2.07. The van der Waals surface area contributed by atoms with Crippen LogP contribution in [0.4, 0.5) is 26.3 Å². The van der Waals surface area contributed by atoms with E-state index in [0.29, 0.717) is 6.42 Å². The number of halogens is 7. The van der Waals surface area contributed by atoms with E-state index in [1.54, 1.807) is 0 Å². The number of thioether (sulfide) groups is 1. The maximum Gasteiger partial charge on any atom is 0.573 e. The smallest absolute Gasteiger partial charge is 0.406 e. The molecule has 1 aromatic rings. The number of ether oxygens (including phenoxy) is 1. The average Bonchev–Trinajstić information content (AvgIpc) is 2.25. The highest BCUT2D eigenvalue weighted by molar-refractivity contribution is 8.00. The number of benzene rings is 1. The Labute approximate surface area is 120 Å². The van der Waals surface area contributed by atoms with Crippen LogP contribution in [0.5, 0.6) is 5.75 Å². The molecule has 0 spiro atoms. The van der Waals surface area contributed by atoms with Crippen molar-refractivity contribution in [3.05, 3.63) is 23.8 Å². The van der Waals surface area contributed by atoms with Gasteiger partial charge in [0.15, 0.2) is 0 Å². The number of hydrogen-bond acceptors (Lipinski definition) is 2. The lowest BCUT2D eigenvalue weighted by Crippen LogP contribution is -2.18. The molecule has 0 aliphatic carbocycles. The van der Waals surface area contributed by atoms with Gasteiger partial charge in [-0.3, -0.25) is 0 Å². The first-order valence-electron chi connectivity index (χ1n) is 5.31. The van der Waals surface area contributed by atoms with Gasteiger partial charge in [-0.2, -0.15) is 13.2 Å². The molecule has 0 aromatic heterocycles. The van der Waals surface area contributed by atoms with Gasteiger partial charge in [-0.1, -0.05) is 0 Å². The zero-order valence-electron chi connectivity index (χ0n) is 9.82. The van der Waals surface area contributed by atoms with Gasteiger partial charge in [0.1, 0.15) is 5.75 Å². The van der Waals surface area contributed by atoms with E-state index >= 15 is 0 Å². The standard InChI is InChI=1S/C11H9ClF6OS/c12-5-1-2-7-6-8(20-11(16,17)18)3-4-9(7)19-10(13,14)15/h3-4,6H,1-2,5H2. The fourth-order valence-corrected chi connectivity index (χ4v) is 2.17. The molecule has 0 atom stereocenters. The van der Waals surface area contributed by atoms with Crippen molar-refractivity contribution in [2.75, 3.05) is 5.88 Å². The summed E-state index contributed by atoms with van der Waals surface area (Å²) in [6.07, 6.45) is -4.47. The first kappa shape index (κ1) is 17.3. The van der Waals surface area contributed by atoms with E-state index in [1.165, 1.54) is 0 Å². The Morgan fingerprint density at radius 2 is 1.75 bits per heavy atom. The Balaban J connectivity index is 2.99. The fourth-order valence-electron chi connectivity index (χ4n) is 1.43. The van der Waals surface area contributed by atoms with Crippen LogP contribution < -0.4 is 4.74 Å². The van der Waals surface area contributed by atoms with Crippen LogP contribution >= 0.6 is 23.4 Å². The van der Waals surface area contributed by atoms with E-state index in [-0.39, 0.29) is 22.8 Å². The number of rotatable bonds is 5. The van der Waals surface area contributed by atoms with Gasteiger partial charge in [0.25, 0.3) is 0 Å². The van der Waals surface area contributed by atoms with Gasteiger partial charge >= 0.3 is 11.9 Å². The molecule has 0 amide bonds. The lowest BCUT2D eigenvalue weighted by atomic mass is 10.1. The minimum atomic E-state index is -4.89.